The number of carbonyl (C=O) groups is 1. The molecular formula is C16H18ClN3O2. The molecule has 6 heteroatoms. The number of halogens is 1. The Labute approximate surface area is 134 Å². The Bertz CT molecular complexity index is 607. The van der Waals surface area contributed by atoms with Crippen LogP contribution in [0.1, 0.15) is 31.4 Å². The molecule has 1 aromatic heterocycles. The van der Waals surface area contributed by atoms with Gasteiger partial charge in [-0.05, 0) is 37.1 Å². The van der Waals surface area contributed by atoms with Gasteiger partial charge in [0.15, 0.2) is 0 Å². The molecule has 1 aliphatic rings. The molecule has 1 aromatic carbocycles. The van der Waals surface area contributed by atoms with Gasteiger partial charge in [-0.15, -0.1) is 0 Å². The molecule has 2 aromatic rings. The van der Waals surface area contributed by atoms with E-state index in [4.69, 9.17) is 16.1 Å². The van der Waals surface area contributed by atoms with Crippen LogP contribution in [0.4, 0.5) is 10.5 Å². The van der Waals surface area contributed by atoms with Gasteiger partial charge >= 0.3 is 6.03 Å². The van der Waals surface area contributed by atoms with Crippen LogP contribution in [0.15, 0.2) is 41.1 Å². The second-order valence-corrected chi connectivity index (χ2v) is 5.93. The molecule has 116 valence electrons. The van der Waals surface area contributed by atoms with Crippen LogP contribution in [0.5, 0.6) is 0 Å². The van der Waals surface area contributed by atoms with Crippen LogP contribution in [0.3, 0.4) is 0 Å². The average molecular weight is 320 g/mol. The van der Waals surface area contributed by atoms with Crippen LogP contribution in [0.2, 0.25) is 5.02 Å². The Hall–Kier alpha value is -2.01. The van der Waals surface area contributed by atoms with Gasteiger partial charge in [0, 0.05) is 22.8 Å². The van der Waals surface area contributed by atoms with E-state index >= 15 is 0 Å². The third-order valence-electron chi connectivity index (χ3n) is 3.95. The Balaban J connectivity index is 1.72. The first kappa shape index (κ1) is 14.9. The second kappa shape index (κ2) is 6.83. The van der Waals surface area contributed by atoms with E-state index in [1.54, 1.807) is 30.3 Å². The van der Waals surface area contributed by atoms with Crippen molar-refractivity contribution in [1.29, 1.82) is 0 Å². The lowest BCUT2D eigenvalue weighted by atomic mass is 10.2. The van der Waals surface area contributed by atoms with Crippen molar-refractivity contribution in [1.82, 2.24) is 10.1 Å². The summed E-state index contributed by atoms with van der Waals surface area (Å²) < 4.78 is 4.87. The minimum absolute atomic E-state index is 0.114. The largest absolute Gasteiger partial charge is 0.364 e. The van der Waals surface area contributed by atoms with Crippen molar-refractivity contribution >= 4 is 23.3 Å². The van der Waals surface area contributed by atoms with Gasteiger partial charge in [-0.1, -0.05) is 29.6 Å². The lowest BCUT2D eigenvalue weighted by Gasteiger charge is -2.28. The molecule has 2 amide bonds. The van der Waals surface area contributed by atoms with E-state index < -0.39 is 0 Å². The van der Waals surface area contributed by atoms with Gasteiger partial charge in [-0.3, -0.25) is 0 Å². The highest BCUT2D eigenvalue weighted by molar-refractivity contribution is 6.30. The zero-order valence-corrected chi connectivity index (χ0v) is 12.9. The van der Waals surface area contributed by atoms with E-state index in [0.29, 0.717) is 11.6 Å². The number of benzene rings is 1. The molecule has 3 rings (SSSR count). The summed E-state index contributed by atoms with van der Waals surface area (Å²) in [5, 5.41) is 7.49. The van der Waals surface area contributed by atoms with Crippen molar-refractivity contribution in [2.45, 2.75) is 38.3 Å². The van der Waals surface area contributed by atoms with Crippen molar-refractivity contribution in [3.63, 3.8) is 0 Å². The fraction of sp³-hybridized carbons (Fsp3) is 0.375. The number of anilines is 1. The minimum Gasteiger partial charge on any atom is -0.364 e. The lowest BCUT2D eigenvalue weighted by molar-refractivity contribution is 0.182. The topological polar surface area (TPSA) is 58.4 Å². The molecule has 0 spiro atoms. The first-order chi connectivity index (χ1) is 10.7. The van der Waals surface area contributed by atoms with Crippen molar-refractivity contribution in [3.8, 4) is 0 Å². The summed E-state index contributed by atoms with van der Waals surface area (Å²) in [4.78, 5) is 14.5. The van der Waals surface area contributed by atoms with Crippen LogP contribution in [0.25, 0.3) is 0 Å². The number of nitrogens with zero attached hydrogens (tertiary/aromatic N) is 2. The maximum absolute atomic E-state index is 12.6. The number of rotatable bonds is 4. The fourth-order valence-corrected chi connectivity index (χ4v) is 2.93. The Kier molecular flexibility index (Phi) is 4.63. The zero-order chi connectivity index (χ0) is 15.4. The average Bonchev–Trinajstić information content (AvgIpc) is 3.20. The summed E-state index contributed by atoms with van der Waals surface area (Å²) >= 11 is 5.87. The van der Waals surface area contributed by atoms with E-state index in [0.717, 1.165) is 37.1 Å². The molecule has 5 nitrogen and oxygen atoms in total. The number of carbonyl (C=O) groups excluding carboxylic acids is 1. The van der Waals surface area contributed by atoms with Crippen LogP contribution >= 0.6 is 11.6 Å². The summed E-state index contributed by atoms with van der Waals surface area (Å²) in [7, 11) is 0. The maximum Gasteiger partial charge on any atom is 0.322 e. The molecule has 0 bridgehead atoms. The number of hydrogen-bond donors (Lipinski definition) is 1. The van der Waals surface area contributed by atoms with Crippen molar-refractivity contribution in [3.05, 3.63) is 47.3 Å². The lowest BCUT2D eigenvalue weighted by Crippen LogP contribution is -2.41. The summed E-state index contributed by atoms with van der Waals surface area (Å²) in [6.07, 6.45) is 5.92. The third-order valence-corrected chi connectivity index (χ3v) is 4.20. The van der Waals surface area contributed by atoms with Crippen molar-refractivity contribution in [2.24, 2.45) is 0 Å². The molecule has 1 heterocycles. The number of amides is 2. The molecule has 1 aliphatic carbocycles. The SMILES string of the molecule is O=C(Nc1ccc(Cl)cc1)N(Cc1ccon1)C1CCCC1. The molecule has 0 saturated heterocycles. The molecule has 22 heavy (non-hydrogen) atoms. The second-order valence-electron chi connectivity index (χ2n) is 5.49. The molecule has 0 atom stereocenters. The zero-order valence-electron chi connectivity index (χ0n) is 12.2. The van der Waals surface area contributed by atoms with Gasteiger partial charge in [-0.2, -0.15) is 0 Å². The Morgan fingerprint density at radius 2 is 2.00 bits per heavy atom. The number of hydrogen-bond acceptors (Lipinski definition) is 3. The molecule has 0 aliphatic heterocycles. The van der Waals surface area contributed by atoms with E-state index in [-0.39, 0.29) is 12.1 Å². The summed E-state index contributed by atoms with van der Waals surface area (Å²) in [5.74, 6) is 0. The first-order valence-electron chi connectivity index (χ1n) is 7.45. The molecular weight excluding hydrogens is 302 g/mol. The van der Waals surface area contributed by atoms with Crippen molar-refractivity contribution in [2.75, 3.05) is 5.32 Å². The van der Waals surface area contributed by atoms with E-state index in [1.165, 1.54) is 6.26 Å². The predicted molar refractivity (Wildman–Crippen MR) is 84.8 cm³/mol. The van der Waals surface area contributed by atoms with E-state index in [9.17, 15) is 4.79 Å². The van der Waals surface area contributed by atoms with Crippen molar-refractivity contribution < 1.29 is 9.32 Å². The summed E-state index contributed by atoms with van der Waals surface area (Å²) in [6, 6.07) is 9.04. The molecule has 0 unspecified atom stereocenters. The minimum atomic E-state index is -0.114. The smallest absolute Gasteiger partial charge is 0.322 e. The highest BCUT2D eigenvalue weighted by Gasteiger charge is 2.27. The first-order valence-corrected chi connectivity index (χ1v) is 7.82. The number of urea groups is 1. The predicted octanol–water partition coefficient (Wildman–Crippen LogP) is 4.30. The van der Waals surface area contributed by atoms with Crippen LogP contribution in [-0.4, -0.2) is 22.1 Å². The van der Waals surface area contributed by atoms with E-state index in [2.05, 4.69) is 10.5 Å². The van der Waals surface area contributed by atoms with Crippen LogP contribution in [-0.2, 0) is 6.54 Å². The van der Waals surface area contributed by atoms with Gasteiger partial charge in [0.05, 0.1) is 6.54 Å². The number of aromatic nitrogens is 1. The van der Waals surface area contributed by atoms with Crippen LogP contribution in [0, 0.1) is 0 Å². The highest BCUT2D eigenvalue weighted by Crippen LogP contribution is 2.25. The molecule has 0 radical (unpaired) electrons. The Morgan fingerprint density at radius 1 is 1.27 bits per heavy atom. The monoisotopic (exact) mass is 319 g/mol. The number of nitrogens with one attached hydrogen (secondary N) is 1. The molecule has 1 fully saturated rings. The summed E-state index contributed by atoms with van der Waals surface area (Å²) in [5.41, 5.74) is 1.50. The van der Waals surface area contributed by atoms with Gasteiger partial charge in [0.2, 0.25) is 0 Å². The van der Waals surface area contributed by atoms with Crippen LogP contribution < -0.4 is 5.32 Å². The quantitative estimate of drug-likeness (QED) is 0.913. The summed E-state index contributed by atoms with van der Waals surface area (Å²) in [6.45, 7) is 0.459. The normalized spacial score (nSPS) is 15.0. The molecule has 1 N–H and O–H groups in total. The van der Waals surface area contributed by atoms with Gasteiger partial charge in [0.1, 0.15) is 12.0 Å². The van der Waals surface area contributed by atoms with Gasteiger partial charge in [-0.25, -0.2) is 4.79 Å². The molecule has 1 saturated carbocycles. The van der Waals surface area contributed by atoms with E-state index in [1.807, 2.05) is 4.90 Å². The van der Waals surface area contributed by atoms with Gasteiger partial charge < -0.3 is 14.7 Å². The third kappa shape index (κ3) is 3.60. The highest BCUT2D eigenvalue weighted by atomic mass is 35.5. The maximum atomic E-state index is 12.6. The standard InChI is InChI=1S/C16H18ClN3O2/c17-12-5-7-13(8-6-12)18-16(21)20(15-3-1-2-4-15)11-14-9-10-22-19-14/h5-10,15H,1-4,11H2,(H,18,21). The van der Waals surface area contributed by atoms with Gasteiger partial charge in [0.25, 0.3) is 0 Å². The fourth-order valence-electron chi connectivity index (χ4n) is 2.80. The Morgan fingerprint density at radius 3 is 2.64 bits per heavy atom.